The molecule has 72 valence electrons. The molecule has 0 fully saturated rings. The molecule has 0 aliphatic heterocycles. The lowest BCUT2D eigenvalue weighted by molar-refractivity contribution is -0.0881. The fourth-order valence-electron chi connectivity index (χ4n) is 0.645. The minimum absolute atomic E-state index is 0.654. The summed E-state index contributed by atoms with van der Waals surface area (Å²) in [5.41, 5.74) is 1.88. The maximum Gasteiger partial charge on any atom is 0.416 e. The highest BCUT2D eigenvalue weighted by Gasteiger charge is 2.31. The first-order valence-corrected chi connectivity index (χ1v) is 3.97. The van der Waals surface area contributed by atoms with Crippen LogP contribution in [0, 0.1) is 0 Å². The van der Waals surface area contributed by atoms with Crippen LogP contribution in [0.15, 0.2) is 41.7 Å². The van der Waals surface area contributed by atoms with Crippen molar-refractivity contribution in [3.8, 4) is 0 Å². The van der Waals surface area contributed by atoms with Gasteiger partial charge in [0.15, 0.2) is 0 Å². The van der Waals surface area contributed by atoms with Crippen LogP contribution in [0.4, 0.5) is 13.2 Å². The van der Waals surface area contributed by atoms with Gasteiger partial charge in [-0.3, -0.25) is 0 Å². The van der Waals surface area contributed by atoms with Crippen LogP contribution in [0.3, 0.4) is 0 Å². The molecule has 0 unspecified atom stereocenters. The summed E-state index contributed by atoms with van der Waals surface area (Å²) in [5.74, 6) is 0. The van der Waals surface area contributed by atoms with Crippen LogP contribution in [0.5, 0.6) is 0 Å². The molecule has 1 aliphatic carbocycles. The van der Waals surface area contributed by atoms with Gasteiger partial charge in [-0.25, -0.2) is 0 Å². The lowest BCUT2D eigenvalue weighted by atomic mass is 10.2. The molecule has 0 heterocycles. The van der Waals surface area contributed by atoms with E-state index in [0.29, 0.717) is 0 Å². The largest absolute Gasteiger partial charge is 0.416 e. The molecule has 0 bridgehead atoms. The molecule has 0 spiro atoms. The lowest BCUT2D eigenvalue weighted by Crippen LogP contribution is -2.09. The average molecular weight is 188 g/mol. The molecule has 0 aromatic heterocycles. The van der Waals surface area contributed by atoms with Gasteiger partial charge in [-0.15, -0.1) is 5.73 Å². The van der Waals surface area contributed by atoms with Crippen molar-refractivity contribution in [3.63, 3.8) is 0 Å². The van der Waals surface area contributed by atoms with Gasteiger partial charge in [-0.05, 0) is 24.3 Å². The summed E-state index contributed by atoms with van der Waals surface area (Å²) in [4.78, 5) is 0. The molecule has 1 aliphatic rings. The third-order valence-corrected chi connectivity index (χ3v) is 1.15. The van der Waals surface area contributed by atoms with Gasteiger partial charge < -0.3 is 0 Å². The van der Waals surface area contributed by atoms with E-state index < -0.39 is 11.7 Å². The molecule has 1 rings (SSSR count). The monoisotopic (exact) mass is 188 g/mol. The molecule has 0 radical (unpaired) electrons. The summed E-state index contributed by atoms with van der Waals surface area (Å²) in [6, 6.07) is 0. The van der Waals surface area contributed by atoms with Crippen LogP contribution in [-0.2, 0) is 0 Å². The Morgan fingerprint density at radius 1 is 1.15 bits per heavy atom. The number of hydrogen-bond acceptors (Lipinski definition) is 0. The number of allylic oxidation sites excluding steroid dienone is 5. The van der Waals surface area contributed by atoms with Crippen molar-refractivity contribution in [2.75, 3.05) is 0 Å². The topological polar surface area (TPSA) is 0 Å². The maximum atomic E-state index is 11.9. The van der Waals surface area contributed by atoms with Crippen LogP contribution < -0.4 is 0 Å². The van der Waals surface area contributed by atoms with Crippen molar-refractivity contribution in [3.05, 3.63) is 41.7 Å². The minimum atomic E-state index is -4.26. The first-order valence-electron chi connectivity index (χ1n) is 3.97. The second-order valence-corrected chi connectivity index (χ2v) is 1.98. The number of rotatable bonds is 0. The van der Waals surface area contributed by atoms with Crippen molar-refractivity contribution in [1.82, 2.24) is 0 Å². The van der Waals surface area contributed by atoms with Gasteiger partial charge in [0, 0.05) is 0 Å². The highest BCUT2D eigenvalue weighted by molar-refractivity contribution is 5.32. The molecular weight excluding hydrogens is 177 g/mol. The highest BCUT2D eigenvalue weighted by Crippen LogP contribution is 2.26. The van der Waals surface area contributed by atoms with E-state index in [1.807, 2.05) is 13.8 Å². The summed E-state index contributed by atoms with van der Waals surface area (Å²) >= 11 is 0. The van der Waals surface area contributed by atoms with E-state index in [9.17, 15) is 13.2 Å². The summed E-state index contributed by atoms with van der Waals surface area (Å²) in [5, 5.41) is 0. The molecule has 0 nitrogen and oxygen atoms in total. The highest BCUT2D eigenvalue weighted by atomic mass is 19.4. The third-order valence-electron chi connectivity index (χ3n) is 1.15. The quantitative estimate of drug-likeness (QED) is 0.507. The molecule has 0 aromatic carbocycles. The molecule has 0 N–H and O–H groups in total. The van der Waals surface area contributed by atoms with E-state index in [-0.39, 0.29) is 0 Å². The molecule has 0 saturated heterocycles. The Hall–Kier alpha value is -1.21. The minimum Gasteiger partial charge on any atom is -0.166 e. The summed E-state index contributed by atoms with van der Waals surface area (Å²) < 4.78 is 35.8. The number of alkyl halides is 3. The zero-order valence-electron chi connectivity index (χ0n) is 7.52. The predicted octanol–water partition coefficient (Wildman–Crippen LogP) is 3.78. The fourth-order valence-corrected chi connectivity index (χ4v) is 0.645. The van der Waals surface area contributed by atoms with Crippen LogP contribution in [-0.4, -0.2) is 6.18 Å². The standard InChI is InChI=1S/C8H5F3.C2H6/c9-8(10,11)7-5-3-1-2-4-6-7;1-2/h1,3-6H;1-2H3. The molecule has 3 heteroatoms. The fraction of sp³-hybridized carbons (Fsp3) is 0.300. The first kappa shape index (κ1) is 11.8. The third kappa shape index (κ3) is 4.38. The summed E-state index contributed by atoms with van der Waals surface area (Å²) in [6.07, 6.45) is 1.71. The Kier molecular flexibility index (Phi) is 4.93. The van der Waals surface area contributed by atoms with E-state index in [1.54, 1.807) is 0 Å². The van der Waals surface area contributed by atoms with Crippen LogP contribution >= 0.6 is 0 Å². The second kappa shape index (κ2) is 5.44. The molecule has 0 aromatic rings. The van der Waals surface area contributed by atoms with E-state index in [0.717, 1.165) is 12.2 Å². The van der Waals surface area contributed by atoms with Gasteiger partial charge in [0.25, 0.3) is 0 Å². The molecule has 0 saturated carbocycles. The van der Waals surface area contributed by atoms with Crippen molar-refractivity contribution < 1.29 is 13.2 Å². The maximum absolute atomic E-state index is 11.9. The van der Waals surface area contributed by atoms with E-state index in [2.05, 4.69) is 5.73 Å². The second-order valence-electron chi connectivity index (χ2n) is 1.98. The normalized spacial score (nSPS) is 14.4. The Balaban J connectivity index is 0.000000671. The Morgan fingerprint density at radius 2 is 1.77 bits per heavy atom. The van der Waals surface area contributed by atoms with Gasteiger partial charge in [0.2, 0.25) is 0 Å². The van der Waals surface area contributed by atoms with Crippen molar-refractivity contribution >= 4 is 0 Å². The zero-order valence-corrected chi connectivity index (χ0v) is 7.52. The van der Waals surface area contributed by atoms with E-state index >= 15 is 0 Å². The predicted molar refractivity (Wildman–Crippen MR) is 47.3 cm³/mol. The lowest BCUT2D eigenvalue weighted by Gasteiger charge is -2.04. The van der Waals surface area contributed by atoms with Gasteiger partial charge >= 0.3 is 6.18 Å². The van der Waals surface area contributed by atoms with Crippen molar-refractivity contribution in [2.45, 2.75) is 20.0 Å². The molecule has 0 amide bonds. The molecule has 0 atom stereocenters. The first-order chi connectivity index (χ1) is 6.11. The Morgan fingerprint density at radius 3 is 2.31 bits per heavy atom. The van der Waals surface area contributed by atoms with Crippen molar-refractivity contribution in [1.29, 1.82) is 0 Å². The van der Waals surface area contributed by atoms with E-state index in [4.69, 9.17) is 0 Å². The van der Waals surface area contributed by atoms with Gasteiger partial charge in [-0.1, -0.05) is 19.9 Å². The zero-order chi connectivity index (χ0) is 10.3. The van der Waals surface area contributed by atoms with Crippen molar-refractivity contribution in [2.24, 2.45) is 0 Å². The molecule has 13 heavy (non-hydrogen) atoms. The Labute approximate surface area is 75.8 Å². The smallest absolute Gasteiger partial charge is 0.166 e. The summed E-state index contributed by atoms with van der Waals surface area (Å²) in [7, 11) is 0. The molecular formula is C10H11F3. The Bertz CT molecular complexity index is 260. The van der Waals surface area contributed by atoms with Gasteiger partial charge in [0.1, 0.15) is 0 Å². The summed E-state index contributed by atoms with van der Waals surface area (Å²) in [6.45, 7) is 4.00. The van der Waals surface area contributed by atoms with Crippen LogP contribution in [0.2, 0.25) is 0 Å². The SMILES string of the molecule is CC.FC(F)(F)C1=CC=C=CC=C1. The van der Waals surface area contributed by atoms with Gasteiger partial charge in [0.05, 0.1) is 5.57 Å². The van der Waals surface area contributed by atoms with Crippen LogP contribution in [0.25, 0.3) is 0 Å². The van der Waals surface area contributed by atoms with Gasteiger partial charge in [-0.2, -0.15) is 13.2 Å². The van der Waals surface area contributed by atoms with Crippen LogP contribution in [0.1, 0.15) is 13.8 Å². The number of halogens is 3. The number of hydrogen-bond donors (Lipinski definition) is 0. The van der Waals surface area contributed by atoms with E-state index in [1.165, 1.54) is 18.2 Å². The average Bonchev–Trinajstić information content (AvgIpc) is 2.34.